The van der Waals surface area contributed by atoms with E-state index >= 15 is 0 Å². The summed E-state index contributed by atoms with van der Waals surface area (Å²) in [5, 5.41) is 0. The van der Waals surface area contributed by atoms with Gasteiger partial charge in [0.15, 0.2) is 0 Å². The largest absolute Gasteiger partial charge is 0.388 e. The Hall–Kier alpha value is -0.666. The number of aromatic nitrogens is 3. The Morgan fingerprint density at radius 3 is 2.54 bits per heavy atom. The second kappa shape index (κ2) is 5.15. The quantitative estimate of drug-likeness (QED) is 0.706. The van der Waals surface area contributed by atoms with Crippen molar-refractivity contribution in [2.45, 2.75) is 0 Å². The minimum Gasteiger partial charge on any atom is -0.388 e. The molecule has 2 aromatic heterocycles. The molecule has 0 unspecified atom stereocenters. The zero-order valence-electron chi connectivity index (χ0n) is 6.81. The standard InChI is InChI=1S/C9H5N3.Y/c1-2-5-11-8(3-1)9-4-6-10-7-12-9;/h1-2,5-7H;/q-2;. The van der Waals surface area contributed by atoms with Gasteiger partial charge in [0.25, 0.3) is 0 Å². The van der Waals surface area contributed by atoms with Crippen LogP contribution in [0.5, 0.6) is 0 Å². The Morgan fingerprint density at radius 2 is 1.92 bits per heavy atom. The Balaban J connectivity index is 0.000000845. The molecule has 2 heterocycles. The molecule has 0 aliphatic heterocycles. The van der Waals surface area contributed by atoms with Gasteiger partial charge in [-0.05, 0) is 0 Å². The molecule has 0 aliphatic rings. The van der Waals surface area contributed by atoms with Crippen LogP contribution in [0.15, 0.2) is 30.9 Å². The second-order valence-electron chi connectivity index (χ2n) is 2.15. The molecular weight excluding hydrogens is 239 g/mol. The van der Waals surface area contributed by atoms with Crippen LogP contribution in [0.3, 0.4) is 0 Å². The van der Waals surface area contributed by atoms with Crippen molar-refractivity contribution in [2.75, 3.05) is 0 Å². The average molecular weight is 244 g/mol. The molecule has 61 valence electrons. The summed E-state index contributed by atoms with van der Waals surface area (Å²) >= 11 is 0. The number of nitrogens with zero attached hydrogens (tertiary/aromatic N) is 3. The second-order valence-corrected chi connectivity index (χ2v) is 2.15. The summed E-state index contributed by atoms with van der Waals surface area (Å²) in [5.41, 5.74) is 1.37. The van der Waals surface area contributed by atoms with Crippen molar-refractivity contribution in [3.63, 3.8) is 0 Å². The molecule has 0 fully saturated rings. The van der Waals surface area contributed by atoms with Crippen LogP contribution in [0.4, 0.5) is 0 Å². The molecule has 0 N–H and O–H groups in total. The molecule has 3 nitrogen and oxygen atoms in total. The molecule has 0 aliphatic carbocycles. The van der Waals surface area contributed by atoms with Gasteiger partial charge < -0.3 is 9.97 Å². The van der Waals surface area contributed by atoms with Gasteiger partial charge in [-0.2, -0.15) is 17.5 Å². The first kappa shape index (κ1) is 10.4. The monoisotopic (exact) mass is 244 g/mol. The van der Waals surface area contributed by atoms with Crippen LogP contribution in [0.1, 0.15) is 0 Å². The van der Waals surface area contributed by atoms with Crippen molar-refractivity contribution in [3.8, 4) is 11.4 Å². The van der Waals surface area contributed by atoms with E-state index in [1.165, 1.54) is 6.33 Å². The molecule has 0 spiro atoms. The third-order valence-electron chi connectivity index (χ3n) is 1.36. The SMILES string of the molecule is [Y].[c-]1cccnc1-c1[c-]cncn1. The number of pyridine rings is 1. The van der Waals surface area contributed by atoms with Crippen LogP contribution in [0.25, 0.3) is 11.4 Å². The molecule has 0 atom stereocenters. The third kappa shape index (κ3) is 2.64. The van der Waals surface area contributed by atoms with Crippen LogP contribution in [-0.2, 0) is 32.7 Å². The fourth-order valence-corrected chi connectivity index (χ4v) is 0.844. The maximum atomic E-state index is 4.07. The smallest absolute Gasteiger partial charge is 0.0973 e. The van der Waals surface area contributed by atoms with Crippen molar-refractivity contribution in [1.29, 1.82) is 0 Å². The Labute approximate surface area is 102 Å². The van der Waals surface area contributed by atoms with E-state index in [0.29, 0.717) is 11.4 Å². The summed E-state index contributed by atoms with van der Waals surface area (Å²) in [6, 6.07) is 9.42. The van der Waals surface area contributed by atoms with Crippen LogP contribution in [0, 0.1) is 12.1 Å². The predicted molar refractivity (Wildman–Crippen MR) is 42.9 cm³/mol. The third-order valence-corrected chi connectivity index (χ3v) is 1.36. The molecule has 2 rings (SSSR count). The van der Waals surface area contributed by atoms with Crippen molar-refractivity contribution >= 4 is 0 Å². The van der Waals surface area contributed by atoms with E-state index in [4.69, 9.17) is 0 Å². The Kier molecular flexibility index (Phi) is 4.12. The average Bonchev–Trinajstić information content (AvgIpc) is 2.21. The van der Waals surface area contributed by atoms with Crippen molar-refractivity contribution < 1.29 is 32.7 Å². The first-order valence-electron chi connectivity index (χ1n) is 3.47. The Bertz CT molecular complexity index is 312. The van der Waals surface area contributed by atoms with Gasteiger partial charge >= 0.3 is 0 Å². The van der Waals surface area contributed by atoms with Crippen molar-refractivity contribution in [3.05, 3.63) is 43.0 Å². The van der Waals surface area contributed by atoms with Crippen molar-refractivity contribution in [2.24, 2.45) is 0 Å². The number of hydrogen-bond donors (Lipinski definition) is 0. The zero-order chi connectivity index (χ0) is 8.23. The van der Waals surface area contributed by atoms with Gasteiger partial charge in [-0.3, -0.25) is 17.1 Å². The zero-order valence-corrected chi connectivity index (χ0v) is 9.64. The van der Waals surface area contributed by atoms with Gasteiger partial charge in [-0.25, -0.2) is 0 Å². The molecule has 0 aromatic carbocycles. The van der Waals surface area contributed by atoms with Gasteiger partial charge in [0.2, 0.25) is 0 Å². The normalized spacial score (nSPS) is 8.92. The maximum Gasteiger partial charge on any atom is 0.0973 e. The van der Waals surface area contributed by atoms with E-state index in [9.17, 15) is 0 Å². The van der Waals surface area contributed by atoms with Gasteiger partial charge in [-0.15, -0.1) is 6.07 Å². The van der Waals surface area contributed by atoms with Crippen LogP contribution in [0.2, 0.25) is 0 Å². The minimum atomic E-state index is 0. The fraction of sp³-hybridized carbons (Fsp3) is 0. The molecule has 2 aromatic rings. The summed E-state index contributed by atoms with van der Waals surface area (Å²) in [6.07, 6.45) is 4.72. The molecular formula is C9H5N3Y-2. The fourth-order valence-electron chi connectivity index (χ4n) is 0.844. The van der Waals surface area contributed by atoms with Crippen LogP contribution < -0.4 is 0 Å². The molecule has 4 heteroatoms. The Morgan fingerprint density at radius 1 is 1.08 bits per heavy atom. The van der Waals surface area contributed by atoms with E-state index in [1.54, 1.807) is 18.5 Å². The summed E-state index contributed by atoms with van der Waals surface area (Å²) in [7, 11) is 0. The van der Waals surface area contributed by atoms with Crippen molar-refractivity contribution in [1.82, 2.24) is 15.0 Å². The van der Waals surface area contributed by atoms with Crippen LogP contribution in [-0.4, -0.2) is 15.0 Å². The molecule has 13 heavy (non-hydrogen) atoms. The summed E-state index contributed by atoms with van der Waals surface area (Å²) < 4.78 is 0. The van der Waals surface area contributed by atoms with E-state index in [-0.39, 0.29) is 32.7 Å². The van der Waals surface area contributed by atoms with E-state index in [1.807, 2.05) is 6.07 Å². The molecule has 0 saturated heterocycles. The topological polar surface area (TPSA) is 38.7 Å². The summed E-state index contributed by atoms with van der Waals surface area (Å²) in [4.78, 5) is 11.8. The molecule has 1 radical (unpaired) electrons. The minimum absolute atomic E-state index is 0. The van der Waals surface area contributed by atoms with Gasteiger partial charge in [0, 0.05) is 32.7 Å². The first-order valence-corrected chi connectivity index (χ1v) is 3.47. The first-order chi connectivity index (χ1) is 5.97. The van der Waals surface area contributed by atoms with Gasteiger partial charge in [0.05, 0.1) is 6.33 Å². The molecule has 0 bridgehead atoms. The number of hydrogen-bond acceptors (Lipinski definition) is 3. The molecule has 0 saturated carbocycles. The van der Waals surface area contributed by atoms with E-state index in [2.05, 4.69) is 27.1 Å². The van der Waals surface area contributed by atoms with Gasteiger partial charge in [0.1, 0.15) is 0 Å². The summed E-state index contributed by atoms with van der Waals surface area (Å²) in [5.74, 6) is 0. The predicted octanol–water partition coefficient (Wildman–Crippen LogP) is 1.14. The van der Waals surface area contributed by atoms with Crippen LogP contribution >= 0.6 is 0 Å². The van der Waals surface area contributed by atoms with E-state index < -0.39 is 0 Å². The molecule has 0 amide bonds. The number of rotatable bonds is 1. The summed E-state index contributed by atoms with van der Waals surface area (Å²) in [6.45, 7) is 0. The van der Waals surface area contributed by atoms with Gasteiger partial charge in [-0.1, -0.05) is 12.4 Å². The maximum absolute atomic E-state index is 4.07. The van der Waals surface area contributed by atoms with E-state index in [0.717, 1.165) is 0 Å².